The first-order valence-corrected chi connectivity index (χ1v) is 7.14. The Morgan fingerprint density at radius 1 is 1.33 bits per heavy atom. The summed E-state index contributed by atoms with van der Waals surface area (Å²) in [5.74, 6) is -0.0372. The molecule has 1 heterocycles. The van der Waals surface area contributed by atoms with Gasteiger partial charge in [-0.3, -0.25) is 0 Å². The number of nitrogens with one attached hydrogen (secondary N) is 1. The summed E-state index contributed by atoms with van der Waals surface area (Å²) in [5, 5.41) is 11.5. The van der Waals surface area contributed by atoms with Gasteiger partial charge in [0.25, 0.3) is 0 Å². The molecular formula is C15H18N2O4. The number of urea groups is 1. The van der Waals surface area contributed by atoms with E-state index in [0.29, 0.717) is 23.4 Å². The summed E-state index contributed by atoms with van der Waals surface area (Å²) in [4.78, 5) is 24.8. The molecule has 6 nitrogen and oxygen atoms in total. The fraction of sp³-hybridized carbons (Fsp3) is 0.467. The third kappa shape index (κ3) is 2.94. The zero-order valence-corrected chi connectivity index (χ0v) is 11.6. The van der Waals surface area contributed by atoms with Crippen molar-refractivity contribution in [3.05, 3.63) is 24.3 Å². The predicted molar refractivity (Wildman–Crippen MR) is 76.4 cm³/mol. The molecule has 1 aromatic carbocycles. The van der Waals surface area contributed by atoms with Crippen LogP contribution in [0.4, 0.5) is 10.5 Å². The number of piperidine rings is 1. The van der Waals surface area contributed by atoms with Crippen LogP contribution in [0.1, 0.15) is 19.3 Å². The highest BCUT2D eigenvalue weighted by atomic mass is 16.5. The standard InChI is InChI=1S/C15H18N2O4/c18-14(19)9-21-13-4-2-1-3-12(13)16-15(20)17-8-10-5-6-11(17)7-10/h1-4,10-11H,5-9H2,(H,16,20)(H,18,19). The minimum Gasteiger partial charge on any atom is -0.480 e. The number of amides is 2. The summed E-state index contributed by atoms with van der Waals surface area (Å²) in [7, 11) is 0. The maximum Gasteiger partial charge on any atom is 0.341 e. The summed E-state index contributed by atoms with van der Waals surface area (Å²) < 4.78 is 5.19. The first-order chi connectivity index (χ1) is 10.1. The molecule has 1 aliphatic heterocycles. The van der Waals surface area contributed by atoms with E-state index >= 15 is 0 Å². The predicted octanol–water partition coefficient (Wildman–Crippen LogP) is 2.17. The van der Waals surface area contributed by atoms with Crippen molar-refractivity contribution < 1.29 is 19.4 Å². The average Bonchev–Trinajstić information content (AvgIpc) is 3.09. The Morgan fingerprint density at radius 3 is 2.81 bits per heavy atom. The van der Waals surface area contributed by atoms with Gasteiger partial charge in [-0.25, -0.2) is 9.59 Å². The van der Waals surface area contributed by atoms with Crippen molar-refractivity contribution in [2.45, 2.75) is 25.3 Å². The Hall–Kier alpha value is -2.24. The fourth-order valence-electron chi connectivity index (χ4n) is 3.20. The topological polar surface area (TPSA) is 78.9 Å². The number of carboxylic acids is 1. The second kappa shape index (κ2) is 5.63. The third-order valence-electron chi connectivity index (χ3n) is 4.15. The van der Waals surface area contributed by atoms with E-state index in [2.05, 4.69) is 5.32 Å². The second-order valence-corrected chi connectivity index (χ2v) is 5.59. The molecule has 1 aromatic rings. The van der Waals surface area contributed by atoms with Crippen molar-refractivity contribution in [2.24, 2.45) is 5.92 Å². The first-order valence-electron chi connectivity index (χ1n) is 7.14. The number of ether oxygens (including phenoxy) is 1. The molecule has 2 unspecified atom stereocenters. The van der Waals surface area contributed by atoms with E-state index in [1.54, 1.807) is 24.3 Å². The molecule has 2 N–H and O–H groups in total. The number of hydrogen-bond donors (Lipinski definition) is 2. The van der Waals surface area contributed by atoms with Gasteiger partial charge in [-0.1, -0.05) is 12.1 Å². The first kappa shape index (κ1) is 13.7. The Labute approximate surface area is 122 Å². The summed E-state index contributed by atoms with van der Waals surface area (Å²) in [5.41, 5.74) is 0.506. The molecule has 6 heteroatoms. The second-order valence-electron chi connectivity index (χ2n) is 5.59. The van der Waals surface area contributed by atoms with Crippen LogP contribution in [-0.4, -0.2) is 41.2 Å². The number of anilines is 1. The zero-order chi connectivity index (χ0) is 14.8. The Kier molecular flexibility index (Phi) is 3.68. The van der Waals surface area contributed by atoms with E-state index in [1.807, 2.05) is 4.90 Å². The van der Waals surface area contributed by atoms with Crippen LogP contribution >= 0.6 is 0 Å². The van der Waals surface area contributed by atoms with E-state index in [4.69, 9.17) is 9.84 Å². The highest BCUT2D eigenvalue weighted by Crippen LogP contribution is 2.37. The Balaban J connectivity index is 1.67. The van der Waals surface area contributed by atoms with Crippen molar-refractivity contribution in [3.8, 4) is 5.75 Å². The van der Waals surface area contributed by atoms with E-state index in [1.165, 1.54) is 6.42 Å². The quantitative estimate of drug-likeness (QED) is 0.890. The maximum absolute atomic E-state index is 12.3. The monoisotopic (exact) mass is 290 g/mol. The lowest BCUT2D eigenvalue weighted by atomic mass is 10.1. The van der Waals surface area contributed by atoms with Gasteiger partial charge in [-0.2, -0.15) is 0 Å². The molecule has 1 saturated carbocycles. The molecular weight excluding hydrogens is 272 g/mol. The zero-order valence-electron chi connectivity index (χ0n) is 11.6. The highest BCUT2D eigenvalue weighted by molar-refractivity contribution is 5.91. The molecule has 2 amide bonds. The minimum atomic E-state index is -1.05. The summed E-state index contributed by atoms with van der Waals surface area (Å²) in [6.45, 7) is 0.385. The Bertz CT molecular complexity index is 560. The lowest BCUT2D eigenvalue weighted by Crippen LogP contribution is -2.40. The third-order valence-corrected chi connectivity index (χ3v) is 4.15. The smallest absolute Gasteiger partial charge is 0.341 e. The molecule has 3 rings (SSSR count). The highest BCUT2D eigenvalue weighted by Gasteiger charge is 2.40. The summed E-state index contributed by atoms with van der Waals surface area (Å²) >= 11 is 0. The van der Waals surface area contributed by atoms with E-state index < -0.39 is 12.6 Å². The largest absolute Gasteiger partial charge is 0.480 e. The molecule has 112 valence electrons. The van der Waals surface area contributed by atoms with Crippen molar-refractivity contribution in [3.63, 3.8) is 0 Å². The van der Waals surface area contributed by atoms with Crippen LogP contribution in [0.2, 0.25) is 0 Å². The number of para-hydroxylation sites is 2. The molecule has 1 aliphatic carbocycles. The lowest BCUT2D eigenvalue weighted by molar-refractivity contribution is -0.139. The van der Waals surface area contributed by atoms with Crippen LogP contribution in [-0.2, 0) is 4.79 Å². The molecule has 2 fully saturated rings. The van der Waals surface area contributed by atoms with Gasteiger partial charge in [0.15, 0.2) is 6.61 Å². The number of carbonyl (C=O) groups is 2. The van der Waals surface area contributed by atoms with Crippen molar-refractivity contribution in [1.82, 2.24) is 4.90 Å². The van der Waals surface area contributed by atoms with Gasteiger partial charge in [0, 0.05) is 12.6 Å². The summed E-state index contributed by atoms with van der Waals surface area (Å²) in [6.07, 6.45) is 3.40. The Morgan fingerprint density at radius 2 is 2.14 bits per heavy atom. The van der Waals surface area contributed by atoms with Crippen molar-refractivity contribution in [1.29, 1.82) is 0 Å². The number of aliphatic carboxylic acids is 1. The maximum atomic E-state index is 12.3. The van der Waals surface area contributed by atoms with Gasteiger partial charge in [0.2, 0.25) is 0 Å². The van der Waals surface area contributed by atoms with Crippen LogP contribution in [0, 0.1) is 5.92 Å². The molecule has 2 aliphatic rings. The molecule has 21 heavy (non-hydrogen) atoms. The molecule has 0 spiro atoms. The van der Waals surface area contributed by atoms with Gasteiger partial charge in [-0.15, -0.1) is 0 Å². The SMILES string of the molecule is O=C(O)COc1ccccc1NC(=O)N1CC2CCC1C2. The number of fused-ring (bicyclic) bond motifs is 2. The molecule has 2 bridgehead atoms. The van der Waals surface area contributed by atoms with Crippen LogP contribution in [0.5, 0.6) is 5.75 Å². The van der Waals surface area contributed by atoms with Crippen molar-refractivity contribution in [2.75, 3.05) is 18.5 Å². The average molecular weight is 290 g/mol. The number of likely N-dealkylation sites (tertiary alicyclic amines) is 1. The molecule has 1 saturated heterocycles. The molecule has 0 radical (unpaired) electrons. The van der Waals surface area contributed by atoms with Gasteiger partial charge in [0.1, 0.15) is 5.75 Å². The number of nitrogens with zero attached hydrogens (tertiary/aromatic N) is 1. The normalized spacial score (nSPS) is 23.1. The molecule has 0 aromatic heterocycles. The van der Waals surface area contributed by atoms with Crippen molar-refractivity contribution >= 4 is 17.7 Å². The minimum absolute atomic E-state index is 0.131. The molecule has 2 atom stereocenters. The number of rotatable bonds is 4. The van der Waals surface area contributed by atoms with Gasteiger partial charge in [-0.05, 0) is 37.3 Å². The van der Waals surface area contributed by atoms with Gasteiger partial charge >= 0.3 is 12.0 Å². The number of carboxylic acid groups (broad SMARTS) is 1. The van der Waals surface area contributed by atoms with E-state index in [0.717, 1.165) is 19.4 Å². The van der Waals surface area contributed by atoms with Gasteiger partial charge in [0.05, 0.1) is 5.69 Å². The van der Waals surface area contributed by atoms with Crippen LogP contribution in [0.15, 0.2) is 24.3 Å². The number of hydrogen-bond acceptors (Lipinski definition) is 3. The summed E-state index contributed by atoms with van der Waals surface area (Å²) in [6, 6.07) is 7.10. The van der Waals surface area contributed by atoms with Crippen LogP contribution < -0.4 is 10.1 Å². The van der Waals surface area contributed by atoms with E-state index in [9.17, 15) is 9.59 Å². The number of benzene rings is 1. The van der Waals surface area contributed by atoms with E-state index in [-0.39, 0.29) is 6.03 Å². The van der Waals surface area contributed by atoms with Gasteiger partial charge < -0.3 is 20.1 Å². The fourth-order valence-corrected chi connectivity index (χ4v) is 3.20. The number of carbonyl (C=O) groups excluding carboxylic acids is 1. The van der Waals surface area contributed by atoms with Crippen LogP contribution in [0.3, 0.4) is 0 Å². The lowest BCUT2D eigenvalue weighted by Gasteiger charge is -2.27. The van der Waals surface area contributed by atoms with Crippen LogP contribution in [0.25, 0.3) is 0 Å².